The molecule has 0 N–H and O–H groups in total. The van der Waals surface area contributed by atoms with E-state index in [4.69, 9.17) is 9.47 Å². The molecule has 0 aromatic rings. The maximum absolute atomic E-state index is 12.5. The summed E-state index contributed by atoms with van der Waals surface area (Å²) in [5.41, 5.74) is 0. The van der Waals surface area contributed by atoms with E-state index in [-0.39, 0.29) is 12.0 Å². The SMILES string of the molecule is O=C(C1COCCO1)N(C1CCCC1)C1CC1. The molecule has 2 aliphatic carbocycles. The van der Waals surface area contributed by atoms with E-state index in [0.29, 0.717) is 31.9 Å². The molecule has 1 atom stereocenters. The smallest absolute Gasteiger partial charge is 0.254 e. The van der Waals surface area contributed by atoms with Gasteiger partial charge in [-0.3, -0.25) is 4.79 Å². The average molecular weight is 239 g/mol. The summed E-state index contributed by atoms with van der Waals surface area (Å²) in [6.45, 7) is 1.62. The van der Waals surface area contributed by atoms with Crippen LogP contribution in [0.1, 0.15) is 38.5 Å². The van der Waals surface area contributed by atoms with E-state index in [1.165, 1.54) is 38.5 Å². The summed E-state index contributed by atoms with van der Waals surface area (Å²) in [4.78, 5) is 14.6. The Morgan fingerprint density at radius 3 is 2.29 bits per heavy atom. The molecule has 1 heterocycles. The summed E-state index contributed by atoms with van der Waals surface area (Å²) < 4.78 is 10.9. The predicted octanol–water partition coefficient (Wildman–Crippen LogP) is 1.34. The molecular weight excluding hydrogens is 218 g/mol. The Kier molecular flexibility index (Phi) is 3.34. The second-order valence-electron chi connectivity index (χ2n) is 5.35. The minimum atomic E-state index is -0.343. The fourth-order valence-corrected chi connectivity index (χ4v) is 2.99. The summed E-state index contributed by atoms with van der Waals surface area (Å²) in [5.74, 6) is 0.180. The number of ether oxygens (including phenoxy) is 2. The van der Waals surface area contributed by atoms with Crippen LogP contribution >= 0.6 is 0 Å². The zero-order valence-electron chi connectivity index (χ0n) is 10.3. The molecule has 4 heteroatoms. The molecule has 0 aromatic heterocycles. The summed E-state index contributed by atoms with van der Waals surface area (Å²) in [6, 6.07) is 0.969. The third kappa shape index (κ3) is 2.47. The Labute approximate surface area is 102 Å². The van der Waals surface area contributed by atoms with Crippen molar-refractivity contribution in [1.82, 2.24) is 4.90 Å². The second-order valence-corrected chi connectivity index (χ2v) is 5.35. The molecule has 0 spiro atoms. The molecule has 3 fully saturated rings. The first kappa shape index (κ1) is 11.5. The van der Waals surface area contributed by atoms with E-state index < -0.39 is 0 Å². The highest BCUT2D eigenvalue weighted by atomic mass is 16.6. The van der Waals surface area contributed by atoms with Crippen molar-refractivity contribution in [3.05, 3.63) is 0 Å². The monoisotopic (exact) mass is 239 g/mol. The van der Waals surface area contributed by atoms with Crippen LogP contribution in [0.15, 0.2) is 0 Å². The number of nitrogens with zero attached hydrogens (tertiary/aromatic N) is 1. The fourth-order valence-electron chi connectivity index (χ4n) is 2.99. The maximum Gasteiger partial charge on any atom is 0.254 e. The van der Waals surface area contributed by atoms with E-state index in [0.717, 1.165) is 0 Å². The van der Waals surface area contributed by atoms with Crippen LogP contribution in [0.25, 0.3) is 0 Å². The summed E-state index contributed by atoms with van der Waals surface area (Å²) in [5, 5.41) is 0. The van der Waals surface area contributed by atoms with Crippen molar-refractivity contribution in [2.24, 2.45) is 0 Å². The van der Waals surface area contributed by atoms with Crippen molar-refractivity contribution >= 4 is 5.91 Å². The molecule has 3 rings (SSSR count). The van der Waals surface area contributed by atoms with Crippen molar-refractivity contribution in [2.45, 2.75) is 56.7 Å². The van der Waals surface area contributed by atoms with Gasteiger partial charge in [0.2, 0.25) is 0 Å². The number of rotatable bonds is 3. The molecule has 1 amide bonds. The lowest BCUT2D eigenvalue weighted by Crippen LogP contribution is -2.49. The summed E-state index contributed by atoms with van der Waals surface area (Å²) in [7, 11) is 0. The van der Waals surface area contributed by atoms with Gasteiger partial charge in [-0.2, -0.15) is 0 Å². The molecule has 1 unspecified atom stereocenters. The molecule has 0 radical (unpaired) electrons. The molecule has 17 heavy (non-hydrogen) atoms. The molecule has 3 aliphatic rings. The summed E-state index contributed by atoms with van der Waals surface area (Å²) >= 11 is 0. The first-order valence-electron chi connectivity index (χ1n) is 6.88. The Morgan fingerprint density at radius 1 is 1.00 bits per heavy atom. The zero-order chi connectivity index (χ0) is 11.7. The van der Waals surface area contributed by atoms with Crippen LogP contribution in [0.5, 0.6) is 0 Å². The van der Waals surface area contributed by atoms with Crippen LogP contribution in [0.2, 0.25) is 0 Å². The Bertz CT molecular complexity index is 278. The second kappa shape index (κ2) is 4.94. The fraction of sp³-hybridized carbons (Fsp3) is 0.923. The van der Waals surface area contributed by atoms with Crippen LogP contribution in [0.3, 0.4) is 0 Å². The van der Waals surface area contributed by atoms with Crippen molar-refractivity contribution in [3.8, 4) is 0 Å². The predicted molar refractivity (Wildman–Crippen MR) is 62.7 cm³/mol. The van der Waals surface area contributed by atoms with Crippen LogP contribution in [-0.2, 0) is 14.3 Å². The van der Waals surface area contributed by atoms with E-state index in [2.05, 4.69) is 4.90 Å². The van der Waals surface area contributed by atoms with Gasteiger partial charge in [0.05, 0.1) is 19.8 Å². The van der Waals surface area contributed by atoms with E-state index in [1.807, 2.05) is 0 Å². The molecule has 2 saturated carbocycles. The molecule has 1 saturated heterocycles. The average Bonchev–Trinajstić information content (AvgIpc) is 3.05. The first-order chi connectivity index (χ1) is 8.36. The molecule has 0 bridgehead atoms. The van der Waals surface area contributed by atoms with Crippen molar-refractivity contribution in [2.75, 3.05) is 19.8 Å². The van der Waals surface area contributed by atoms with Gasteiger partial charge >= 0.3 is 0 Å². The normalized spacial score (nSPS) is 30.5. The number of amides is 1. The zero-order valence-corrected chi connectivity index (χ0v) is 10.3. The van der Waals surface area contributed by atoms with Gasteiger partial charge in [0, 0.05) is 12.1 Å². The van der Waals surface area contributed by atoms with Crippen LogP contribution < -0.4 is 0 Å². The highest BCUT2D eigenvalue weighted by Crippen LogP contribution is 2.35. The third-order valence-corrected chi connectivity index (χ3v) is 4.00. The third-order valence-electron chi connectivity index (χ3n) is 4.00. The number of hydrogen-bond acceptors (Lipinski definition) is 3. The lowest BCUT2D eigenvalue weighted by Gasteiger charge is -2.33. The number of carbonyl (C=O) groups is 1. The van der Waals surface area contributed by atoms with Crippen molar-refractivity contribution < 1.29 is 14.3 Å². The van der Waals surface area contributed by atoms with Crippen LogP contribution in [0.4, 0.5) is 0 Å². The Balaban J connectivity index is 1.66. The lowest BCUT2D eigenvalue weighted by atomic mass is 10.1. The van der Waals surface area contributed by atoms with E-state index >= 15 is 0 Å². The first-order valence-corrected chi connectivity index (χ1v) is 6.88. The molecule has 1 aliphatic heterocycles. The van der Waals surface area contributed by atoms with Crippen molar-refractivity contribution in [1.29, 1.82) is 0 Å². The molecule has 96 valence electrons. The van der Waals surface area contributed by atoms with E-state index in [9.17, 15) is 4.79 Å². The number of hydrogen-bond donors (Lipinski definition) is 0. The van der Waals surface area contributed by atoms with Crippen LogP contribution in [0, 0.1) is 0 Å². The number of carbonyl (C=O) groups excluding carboxylic acids is 1. The minimum Gasteiger partial charge on any atom is -0.376 e. The highest BCUT2D eigenvalue weighted by molar-refractivity contribution is 5.82. The maximum atomic E-state index is 12.5. The van der Waals surface area contributed by atoms with Gasteiger partial charge in [-0.15, -0.1) is 0 Å². The van der Waals surface area contributed by atoms with Gasteiger partial charge in [-0.1, -0.05) is 12.8 Å². The standard InChI is InChI=1S/C13H21NO3/c15-13(12-9-16-7-8-17-12)14(11-5-6-11)10-3-1-2-4-10/h10-12H,1-9H2. The van der Waals surface area contributed by atoms with Gasteiger partial charge in [-0.25, -0.2) is 0 Å². The topological polar surface area (TPSA) is 38.8 Å². The minimum absolute atomic E-state index is 0.180. The van der Waals surface area contributed by atoms with Gasteiger partial charge in [0.1, 0.15) is 0 Å². The highest BCUT2D eigenvalue weighted by Gasteiger charge is 2.41. The van der Waals surface area contributed by atoms with Crippen LogP contribution in [-0.4, -0.2) is 48.8 Å². The van der Waals surface area contributed by atoms with E-state index in [1.54, 1.807) is 0 Å². The van der Waals surface area contributed by atoms with Crippen molar-refractivity contribution in [3.63, 3.8) is 0 Å². The van der Waals surface area contributed by atoms with Gasteiger partial charge < -0.3 is 14.4 Å². The Morgan fingerprint density at radius 2 is 1.71 bits per heavy atom. The van der Waals surface area contributed by atoms with Gasteiger partial charge in [0.15, 0.2) is 6.10 Å². The molecule has 4 nitrogen and oxygen atoms in total. The Hall–Kier alpha value is -0.610. The lowest BCUT2D eigenvalue weighted by molar-refractivity contribution is -0.160. The quantitative estimate of drug-likeness (QED) is 0.746. The van der Waals surface area contributed by atoms with Gasteiger partial charge in [-0.05, 0) is 25.7 Å². The summed E-state index contributed by atoms with van der Waals surface area (Å²) in [6.07, 6.45) is 6.90. The largest absolute Gasteiger partial charge is 0.376 e. The molecular formula is C13H21NO3. The molecule has 0 aromatic carbocycles. The van der Waals surface area contributed by atoms with Gasteiger partial charge in [0.25, 0.3) is 5.91 Å².